The molecule has 0 amide bonds. The summed E-state index contributed by atoms with van der Waals surface area (Å²) >= 11 is 0. The van der Waals surface area contributed by atoms with Crippen LogP contribution in [0.4, 0.5) is 0 Å². The lowest BCUT2D eigenvalue weighted by molar-refractivity contribution is -0.318. The zero-order valence-electron chi connectivity index (χ0n) is 75.2. The molecule has 688 valence electrons. The number of carbonyl (C=O) groups is 2. The van der Waals surface area contributed by atoms with Crippen LogP contribution >= 0.6 is 0 Å². The van der Waals surface area contributed by atoms with E-state index in [1.165, 1.54) is 42.3 Å². The third kappa shape index (κ3) is 25.7. The van der Waals surface area contributed by atoms with Crippen LogP contribution in [0.3, 0.4) is 0 Å². The van der Waals surface area contributed by atoms with Crippen molar-refractivity contribution in [3.8, 4) is 0 Å². The molecule has 6 heterocycles. The van der Waals surface area contributed by atoms with E-state index >= 15 is 0 Å². The minimum absolute atomic E-state index is 0.00829. The van der Waals surface area contributed by atoms with Crippen LogP contribution < -0.4 is 0 Å². The Hall–Kier alpha value is -3.42. The monoisotopic (exact) mass is 1700 g/mol. The Morgan fingerprint density at radius 1 is 0.466 bits per heavy atom. The largest absolute Gasteiger partial charge is 0.459 e. The van der Waals surface area contributed by atoms with Gasteiger partial charge in [0.1, 0.15) is 47.8 Å². The summed E-state index contributed by atoms with van der Waals surface area (Å²) in [7, 11) is 9.69. The average molecular weight is 1700 g/mol. The number of aliphatic hydroxyl groups is 10. The van der Waals surface area contributed by atoms with E-state index < -0.39 is 228 Å². The molecule has 118 heavy (non-hydrogen) atoms. The van der Waals surface area contributed by atoms with Crippen molar-refractivity contribution in [1.82, 2.24) is 9.80 Å². The van der Waals surface area contributed by atoms with Crippen LogP contribution in [0.1, 0.15) is 190 Å². The molecule has 6 fully saturated rings. The fourth-order valence-electron chi connectivity index (χ4n) is 18.5. The summed E-state index contributed by atoms with van der Waals surface area (Å²) in [5.41, 5.74) is -9.88. The van der Waals surface area contributed by atoms with Gasteiger partial charge in [0.15, 0.2) is 25.2 Å². The van der Waals surface area contributed by atoms with Crippen molar-refractivity contribution in [1.29, 1.82) is 0 Å². The Balaban J connectivity index is 1.32. The van der Waals surface area contributed by atoms with Crippen molar-refractivity contribution < 1.29 is 146 Å². The van der Waals surface area contributed by atoms with Crippen LogP contribution in [0.5, 0.6) is 0 Å². The first-order valence-electron chi connectivity index (χ1n) is 42.4. The normalized spacial score (nSPS) is 45.5. The number of aliphatic hydroxyl groups excluding tert-OH is 6. The number of hydrogen-bond donors (Lipinski definition) is 10. The van der Waals surface area contributed by atoms with Crippen LogP contribution in [-0.4, -0.2) is 348 Å². The van der Waals surface area contributed by atoms with E-state index in [1.807, 2.05) is 49.9 Å². The second-order valence-corrected chi connectivity index (χ2v) is 35.9. The van der Waals surface area contributed by atoms with Gasteiger partial charge in [-0.1, -0.05) is 77.9 Å². The number of esters is 2. The molecule has 0 aromatic heterocycles. The second-order valence-electron chi connectivity index (χ2n) is 35.9. The Morgan fingerprint density at radius 3 is 1.12 bits per heavy atom. The minimum Gasteiger partial charge on any atom is -0.459 e. The highest BCUT2D eigenvalue weighted by atomic mass is 16.8. The first kappa shape index (κ1) is 103. The minimum atomic E-state index is -2.06. The first-order chi connectivity index (χ1) is 55.1. The SMILES string of the molecule is CC[C@H]1OC(=O)[C@H](C)[C@@H](OC2CC(C)(OC)C(O)C(C)O2)[C@H](C)[C@@H](OC2OC(C)CC(N(C)C/C=C/CN(C)C3CC(C)OC(O[C@@H]4[C@@H](C)[C@H](OC5CC(C)(OC)C(O)C(C)O5)[C@@H](C)C(=O)O[C@H](CC)[C@@](C)(O)[C@H](O)[C@@H](C)/C(=N/OCOCCOC)[C@H](C)C[C@]4(C)O)C3O)C2O)[C@@](C)(O)C[C@@H](C)/C(=N\OCOCCOC)[C@H](C)[C@@H](O)[C@]1(C)O. The zero-order valence-corrected chi connectivity index (χ0v) is 75.2. The molecule has 6 aliphatic heterocycles. The van der Waals surface area contributed by atoms with Crippen molar-refractivity contribution in [3.63, 3.8) is 0 Å². The third-order valence-electron chi connectivity index (χ3n) is 26.0. The van der Waals surface area contributed by atoms with Crippen molar-refractivity contribution in [2.24, 2.45) is 57.7 Å². The topological polar surface area (TPSA) is 434 Å². The van der Waals surface area contributed by atoms with Crippen molar-refractivity contribution in [3.05, 3.63) is 12.2 Å². The fraction of sp³-hybridized carbons (Fsp3) is 0.929. The van der Waals surface area contributed by atoms with Gasteiger partial charge in [0, 0.05) is 102 Å². The van der Waals surface area contributed by atoms with E-state index in [1.54, 1.807) is 111 Å². The number of methoxy groups -OCH3 is 4. The molecule has 0 aromatic carbocycles. The number of oxime groups is 2. The smallest absolute Gasteiger partial charge is 0.311 e. The first-order valence-corrected chi connectivity index (χ1v) is 42.4. The molecule has 6 rings (SSSR count). The van der Waals surface area contributed by atoms with Gasteiger partial charge in [-0.25, -0.2) is 0 Å². The number of rotatable bonds is 30. The fourth-order valence-corrected chi connectivity index (χ4v) is 18.5. The summed E-state index contributed by atoms with van der Waals surface area (Å²) in [6, 6.07) is -1.24. The molecule has 0 spiro atoms. The lowest BCUT2D eigenvalue weighted by Gasteiger charge is -2.49. The van der Waals surface area contributed by atoms with Crippen LogP contribution in [0.2, 0.25) is 0 Å². The number of hydrogen-bond acceptors (Lipinski definition) is 34. The van der Waals surface area contributed by atoms with Gasteiger partial charge in [-0.2, -0.15) is 0 Å². The molecule has 0 aromatic rings. The molecule has 6 aliphatic rings. The zero-order chi connectivity index (χ0) is 88.7. The van der Waals surface area contributed by atoms with E-state index in [-0.39, 0.29) is 90.0 Å². The Labute approximate surface area is 700 Å². The van der Waals surface area contributed by atoms with Gasteiger partial charge >= 0.3 is 11.9 Å². The molecule has 0 radical (unpaired) electrons. The molecular weight excluding hydrogens is 1540 g/mol. The molecule has 0 bridgehead atoms. The number of carbonyl (C=O) groups excluding carboxylic acids is 2. The standard InChI is InChI=1S/C84H152N4O30/c1-27-59-83(19,99)69(91)49(7)63(85-107-43-105-35-33-101-23)45(3)39-79(15,97)73(51(9)67(53(11)75(95)113-59)115-61-41-81(17,103-25)71(93)55(13)111-61)117-77-65(89)57(37-47(5)109-77)87(21)31-29-30-32-88(22)58-38-48(6)110-78(66(58)90)118-74-52(10)68(116-62-42-82(18,104-26)72(94)56(14)112-62)54(12)76(96)114-60(28-2)84(20,100)70(92)50(8)64(46(4)40-80(74,16)98)86-108-44-106-36-34-102-24/h29-30,45-62,65-74,77-78,89-94,97-100H,27-28,31-44H2,1-26H3/b30-29+,85-63+,86-64+/t45-,46-,47?,48?,49+,50+,51+,52+,53-,54-,55?,56?,57?,58?,59-,60-,61?,62?,65?,66?,67+,68+,69-,70-,71?,72?,73-,74-,77?,78?,79+,80+,81?,82?,83-,84-/m1/s1. The van der Waals surface area contributed by atoms with Gasteiger partial charge in [-0.05, 0) is 136 Å². The molecule has 34 heteroatoms. The van der Waals surface area contributed by atoms with Crippen molar-refractivity contribution >= 4 is 23.4 Å². The maximum absolute atomic E-state index is 14.9. The summed E-state index contributed by atoms with van der Waals surface area (Å²) in [6.07, 6.45) is -19.1. The summed E-state index contributed by atoms with van der Waals surface area (Å²) in [4.78, 5) is 45.1. The van der Waals surface area contributed by atoms with Crippen LogP contribution in [0, 0.1) is 47.3 Å². The van der Waals surface area contributed by atoms with Gasteiger partial charge in [-0.3, -0.25) is 19.4 Å². The van der Waals surface area contributed by atoms with E-state index in [0.717, 1.165) is 0 Å². The highest BCUT2D eigenvalue weighted by molar-refractivity contribution is 5.89. The van der Waals surface area contributed by atoms with E-state index in [9.17, 15) is 60.7 Å². The molecule has 6 saturated heterocycles. The highest BCUT2D eigenvalue weighted by Gasteiger charge is 2.57. The predicted molar refractivity (Wildman–Crippen MR) is 432 cm³/mol. The number of likely N-dealkylation sites (N-methyl/N-ethyl adjacent to an activating group) is 2. The molecule has 36 atom stereocenters. The third-order valence-corrected chi connectivity index (χ3v) is 26.0. The van der Waals surface area contributed by atoms with Gasteiger partial charge < -0.3 is 137 Å². The highest BCUT2D eigenvalue weighted by Crippen LogP contribution is 2.45. The molecule has 0 aliphatic carbocycles. The summed E-state index contributed by atoms with van der Waals surface area (Å²) in [5, 5.41) is 133. The lowest BCUT2D eigenvalue weighted by atomic mass is 9.73. The molecule has 0 saturated carbocycles. The van der Waals surface area contributed by atoms with Crippen molar-refractivity contribution in [2.45, 2.75) is 358 Å². The second kappa shape index (κ2) is 45.1. The molecule has 10 N–H and O–H groups in total. The van der Waals surface area contributed by atoms with Gasteiger partial charge in [0.05, 0.1) is 133 Å². The Bertz CT molecular complexity index is 2920. The van der Waals surface area contributed by atoms with E-state index in [0.29, 0.717) is 25.9 Å². The van der Waals surface area contributed by atoms with Gasteiger partial charge in [0.25, 0.3) is 0 Å². The predicted octanol–water partition coefficient (Wildman–Crippen LogP) is 4.73. The molecule has 16 unspecified atom stereocenters. The van der Waals surface area contributed by atoms with Gasteiger partial charge in [-0.15, -0.1) is 0 Å². The quantitative estimate of drug-likeness (QED) is 0.0153. The van der Waals surface area contributed by atoms with E-state index in [4.69, 9.17) is 85.5 Å². The summed E-state index contributed by atoms with van der Waals surface area (Å²) in [5.74, 6) is -9.45. The van der Waals surface area contributed by atoms with E-state index in [2.05, 4.69) is 10.3 Å². The maximum Gasteiger partial charge on any atom is 0.311 e. The summed E-state index contributed by atoms with van der Waals surface area (Å²) < 4.78 is 99.1. The van der Waals surface area contributed by atoms with Crippen LogP contribution in [-0.2, 0) is 95.1 Å². The maximum atomic E-state index is 14.9. The van der Waals surface area contributed by atoms with Gasteiger partial charge in [0.2, 0.25) is 13.6 Å². The summed E-state index contributed by atoms with van der Waals surface area (Å²) in [6.45, 7) is 34.2. The number of nitrogens with zero attached hydrogens (tertiary/aromatic N) is 4. The van der Waals surface area contributed by atoms with Crippen molar-refractivity contribution in [2.75, 3.05) is 95.6 Å². The van der Waals surface area contributed by atoms with Crippen LogP contribution in [0.15, 0.2) is 22.5 Å². The Morgan fingerprint density at radius 2 is 0.805 bits per heavy atom. The molecule has 34 nitrogen and oxygen atoms in total. The molecular formula is C84H152N4O30. The number of ether oxygens (including phenoxy) is 16. The lowest BCUT2D eigenvalue weighted by Crippen LogP contribution is -2.61. The van der Waals surface area contributed by atoms with Crippen LogP contribution in [0.25, 0.3) is 0 Å². The number of cyclic esters (lactones) is 2. The Kier molecular flexibility index (Phi) is 39.5. The average Bonchev–Trinajstić information content (AvgIpc) is 0.767.